The molecular weight excluding hydrogens is 236 g/mol. The third-order valence-electron chi connectivity index (χ3n) is 3.49. The van der Waals surface area contributed by atoms with Crippen molar-refractivity contribution < 1.29 is 13.5 Å². The molecule has 0 saturated heterocycles. The van der Waals surface area contributed by atoms with Crippen LogP contribution in [0.5, 0.6) is 0 Å². The highest BCUT2D eigenvalue weighted by Gasteiger charge is 2.20. The zero-order chi connectivity index (χ0) is 13.0. The van der Waals surface area contributed by atoms with Gasteiger partial charge < -0.3 is 10.1 Å². The van der Waals surface area contributed by atoms with Crippen molar-refractivity contribution in [2.24, 2.45) is 0 Å². The van der Waals surface area contributed by atoms with E-state index in [9.17, 15) is 8.78 Å². The highest BCUT2D eigenvalue weighted by Crippen LogP contribution is 2.22. The van der Waals surface area contributed by atoms with E-state index in [0.717, 1.165) is 31.7 Å². The van der Waals surface area contributed by atoms with Crippen LogP contribution in [-0.4, -0.2) is 19.2 Å². The first-order valence-electron chi connectivity index (χ1n) is 6.41. The lowest BCUT2D eigenvalue weighted by atomic mass is 9.93. The Morgan fingerprint density at radius 1 is 1.11 bits per heavy atom. The van der Waals surface area contributed by atoms with Crippen molar-refractivity contribution in [3.05, 3.63) is 35.4 Å². The fourth-order valence-electron chi connectivity index (χ4n) is 2.43. The monoisotopic (exact) mass is 255 g/mol. The molecule has 0 spiro atoms. The molecule has 0 atom stereocenters. The summed E-state index contributed by atoms with van der Waals surface area (Å²) in [7, 11) is 1.97. The minimum Gasteiger partial charge on any atom is -0.374 e. The fourth-order valence-corrected chi connectivity index (χ4v) is 2.43. The van der Waals surface area contributed by atoms with Crippen LogP contribution in [0.15, 0.2) is 18.2 Å². The summed E-state index contributed by atoms with van der Waals surface area (Å²) in [4.78, 5) is 0. The molecule has 1 aromatic carbocycles. The molecule has 0 bridgehead atoms. The first-order valence-corrected chi connectivity index (χ1v) is 6.41. The molecule has 1 aliphatic carbocycles. The van der Waals surface area contributed by atoms with Crippen molar-refractivity contribution >= 4 is 0 Å². The van der Waals surface area contributed by atoms with Crippen molar-refractivity contribution in [3.8, 4) is 0 Å². The maximum atomic E-state index is 13.0. The molecule has 0 radical (unpaired) electrons. The summed E-state index contributed by atoms with van der Waals surface area (Å²) >= 11 is 0. The van der Waals surface area contributed by atoms with Crippen LogP contribution < -0.4 is 5.32 Å². The van der Waals surface area contributed by atoms with Crippen LogP contribution in [0.1, 0.15) is 31.2 Å². The Bertz CT molecular complexity index is 369. The molecule has 1 aliphatic rings. The topological polar surface area (TPSA) is 21.3 Å². The number of benzene rings is 1. The second-order valence-electron chi connectivity index (χ2n) is 4.85. The minimum absolute atomic E-state index is 0.209. The first-order chi connectivity index (χ1) is 8.67. The lowest BCUT2D eigenvalue weighted by Crippen LogP contribution is -2.32. The smallest absolute Gasteiger partial charge is 0.126 e. The van der Waals surface area contributed by atoms with Gasteiger partial charge in [0.05, 0.1) is 12.7 Å². The molecule has 1 saturated carbocycles. The maximum Gasteiger partial charge on any atom is 0.126 e. The summed E-state index contributed by atoms with van der Waals surface area (Å²) < 4.78 is 31.7. The zero-order valence-corrected chi connectivity index (χ0v) is 10.6. The van der Waals surface area contributed by atoms with Crippen LogP contribution >= 0.6 is 0 Å². The Balaban J connectivity index is 1.81. The molecule has 0 amide bonds. The quantitative estimate of drug-likeness (QED) is 0.893. The van der Waals surface area contributed by atoms with E-state index in [0.29, 0.717) is 11.6 Å². The predicted octanol–water partition coefficient (Wildman–Crippen LogP) is 3.01. The molecule has 18 heavy (non-hydrogen) atoms. The van der Waals surface area contributed by atoms with Gasteiger partial charge in [-0.2, -0.15) is 0 Å². The number of ether oxygens (including phenoxy) is 1. The van der Waals surface area contributed by atoms with Crippen molar-refractivity contribution in [1.29, 1.82) is 0 Å². The first kappa shape index (κ1) is 13.4. The number of halogens is 2. The summed E-state index contributed by atoms with van der Waals surface area (Å²) in [6, 6.07) is 4.10. The SMILES string of the molecule is CNC1CCC(OCc2cc(F)cc(F)c2)CC1. The van der Waals surface area contributed by atoms with E-state index in [1.165, 1.54) is 12.1 Å². The second-order valence-corrected chi connectivity index (χ2v) is 4.85. The van der Waals surface area contributed by atoms with Crippen LogP contribution in [0.4, 0.5) is 8.78 Å². The lowest BCUT2D eigenvalue weighted by Gasteiger charge is -2.28. The second kappa shape index (κ2) is 6.25. The molecule has 1 aromatic rings. The maximum absolute atomic E-state index is 13.0. The summed E-state index contributed by atoms with van der Waals surface area (Å²) in [5, 5.41) is 3.26. The van der Waals surface area contributed by atoms with Gasteiger partial charge >= 0.3 is 0 Å². The Morgan fingerprint density at radius 2 is 1.72 bits per heavy atom. The van der Waals surface area contributed by atoms with Gasteiger partial charge in [0.1, 0.15) is 11.6 Å². The van der Waals surface area contributed by atoms with Crippen LogP contribution in [-0.2, 0) is 11.3 Å². The van der Waals surface area contributed by atoms with E-state index in [2.05, 4.69) is 5.32 Å². The normalized spacial score (nSPS) is 24.2. The van der Waals surface area contributed by atoms with Gasteiger partial charge in [-0.1, -0.05) is 0 Å². The molecule has 1 fully saturated rings. The standard InChI is InChI=1S/C14H19F2NO/c1-17-13-2-4-14(5-3-13)18-9-10-6-11(15)8-12(16)7-10/h6-8,13-14,17H,2-5,9H2,1H3. The van der Waals surface area contributed by atoms with E-state index in [-0.39, 0.29) is 12.7 Å². The van der Waals surface area contributed by atoms with Gasteiger partial charge in [-0.3, -0.25) is 0 Å². The van der Waals surface area contributed by atoms with E-state index >= 15 is 0 Å². The largest absolute Gasteiger partial charge is 0.374 e. The molecular formula is C14H19F2NO. The third kappa shape index (κ3) is 3.75. The van der Waals surface area contributed by atoms with Gasteiger partial charge in [-0.25, -0.2) is 8.78 Å². The molecule has 2 nitrogen and oxygen atoms in total. The Labute approximate surface area is 106 Å². The Kier molecular flexibility index (Phi) is 4.66. The van der Waals surface area contributed by atoms with Gasteiger partial charge in [-0.05, 0) is 50.4 Å². The third-order valence-corrected chi connectivity index (χ3v) is 3.49. The number of rotatable bonds is 4. The molecule has 4 heteroatoms. The van der Waals surface area contributed by atoms with Gasteiger partial charge in [0.2, 0.25) is 0 Å². The molecule has 0 unspecified atom stereocenters. The molecule has 0 aromatic heterocycles. The highest BCUT2D eigenvalue weighted by molar-refractivity contribution is 5.17. The van der Waals surface area contributed by atoms with Crippen molar-refractivity contribution in [2.75, 3.05) is 7.05 Å². The highest BCUT2D eigenvalue weighted by atomic mass is 19.1. The molecule has 2 rings (SSSR count). The van der Waals surface area contributed by atoms with Crippen LogP contribution in [0.2, 0.25) is 0 Å². The van der Waals surface area contributed by atoms with Crippen molar-refractivity contribution in [1.82, 2.24) is 5.32 Å². The number of nitrogens with one attached hydrogen (secondary N) is 1. The van der Waals surface area contributed by atoms with Gasteiger partial charge in [-0.15, -0.1) is 0 Å². The van der Waals surface area contributed by atoms with Gasteiger partial charge in [0.15, 0.2) is 0 Å². The Morgan fingerprint density at radius 3 is 2.28 bits per heavy atom. The van der Waals surface area contributed by atoms with E-state index in [4.69, 9.17) is 4.74 Å². The van der Waals surface area contributed by atoms with Crippen molar-refractivity contribution in [3.63, 3.8) is 0 Å². The molecule has 0 aliphatic heterocycles. The fraction of sp³-hybridized carbons (Fsp3) is 0.571. The van der Waals surface area contributed by atoms with Crippen LogP contribution in [0, 0.1) is 11.6 Å². The summed E-state index contributed by atoms with van der Waals surface area (Å²) in [5.74, 6) is -1.10. The summed E-state index contributed by atoms with van der Waals surface area (Å²) in [6.07, 6.45) is 4.41. The van der Waals surface area contributed by atoms with E-state index in [1.54, 1.807) is 0 Å². The summed E-state index contributed by atoms with van der Waals surface area (Å²) in [5.41, 5.74) is 0.559. The summed E-state index contributed by atoms with van der Waals surface area (Å²) in [6.45, 7) is 0.281. The zero-order valence-electron chi connectivity index (χ0n) is 10.6. The Hall–Kier alpha value is -1.00. The predicted molar refractivity (Wildman–Crippen MR) is 66.3 cm³/mol. The van der Waals surface area contributed by atoms with E-state index < -0.39 is 11.6 Å². The number of hydrogen-bond donors (Lipinski definition) is 1. The average Bonchev–Trinajstić information content (AvgIpc) is 2.36. The minimum atomic E-state index is -0.549. The van der Waals surface area contributed by atoms with Crippen LogP contribution in [0.25, 0.3) is 0 Å². The van der Waals surface area contributed by atoms with Crippen molar-refractivity contribution in [2.45, 2.75) is 44.4 Å². The van der Waals surface area contributed by atoms with Crippen LogP contribution in [0.3, 0.4) is 0 Å². The average molecular weight is 255 g/mol. The number of hydrogen-bond acceptors (Lipinski definition) is 2. The van der Waals surface area contributed by atoms with Gasteiger partial charge in [0.25, 0.3) is 0 Å². The van der Waals surface area contributed by atoms with Gasteiger partial charge in [0, 0.05) is 12.1 Å². The lowest BCUT2D eigenvalue weighted by molar-refractivity contribution is 0.0116. The van der Waals surface area contributed by atoms with E-state index in [1.807, 2.05) is 7.05 Å². The molecule has 1 N–H and O–H groups in total. The molecule has 0 heterocycles. The molecule has 100 valence electrons.